The Labute approximate surface area is 169 Å². The maximum absolute atomic E-state index is 13.5. The molecule has 2 amide bonds. The van der Waals surface area contributed by atoms with E-state index in [2.05, 4.69) is 5.32 Å². The van der Waals surface area contributed by atoms with E-state index in [-0.39, 0.29) is 23.7 Å². The van der Waals surface area contributed by atoms with Crippen LogP contribution >= 0.6 is 0 Å². The topological polar surface area (TPSA) is 58.6 Å². The molecule has 2 fully saturated rings. The fraction of sp³-hybridized carbons (Fsp3) is 0.391. The third-order valence-electron chi connectivity index (χ3n) is 6.07. The number of methoxy groups -OCH3 is 1. The number of likely N-dealkylation sites (tertiary alicyclic amines) is 1. The number of hydrogen-bond donors (Lipinski definition) is 1. The predicted molar refractivity (Wildman–Crippen MR) is 108 cm³/mol. The summed E-state index contributed by atoms with van der Waals surface area (Å²) >= 11 is 0. The summed E-state index contributed by atoms with van der Waals surface area (Å²) in [5, 5.41) is 2.85. The lowest BCUT2D eigenvalue weighted by atomic mass is 9.84. The van der Waals surface area contributed by atoms with Crippen LogP contribution in [-0.4, -0.2) is 35.9 Å². The van der Waals surface area contributed by atoms with Crippen LogP contribution in [0.1, 0.15) is 42.5 Å². The summed E-state index contributed by atoms with van der Waals surface area (Å²) in [6, 6.07) is 12.3. The quantitative estimate of drug-likeness (QED) is 0.841. The molecule has 0 bridgehead atoms. The van der Waals surface area contributed by atoms with E-state index in [0.29, 0.717) is 29.3 Å². The molecule has 4 rings (SSSR count). The van der Waals surface area contributed by atoms with E-state index in [4.69, 9.17) is 4.74 Å². The first-order valence-corrected chi connectivity index (χ1v) is 10.1. The van der Waals surface area contributed by atoms with Gasteiger partial charge in [-0.3, -0.25) is 9.59 Å². The molecule has 2 aliphatic rings. The molecule has 1 saturated carbocycles. The zero-order chi connectivity index (χ0) is 20.4. The Morgan fingerprint density at radius 2 is 1.79 bits per heavy atom. The number of nitrogens with one attached hydrogen (secondary N) is 1. The molecule has 3 unspecified atom stereocenters. The van der Waals surface area contributed by atoms with Crippen molar-refractivity contribution in [2.75, 3.05) is 12.4 Å². The fourth-order valence-electron chi connectivity index (χ4n) is 4.71. The molecule has 2 aromatic carbocycles. The number of amides is 2. The minimum Gasteiger partial charge on any atom is -0.496 e. The van der Waals surface area contributed by atoms with Crippen molar-refractivity contribution in [3.05, 3.63) is 59.9 Å². The highest BCUT2D eigenvalue weighted by Gasteiger charge is 2.47. The molecule has 1 saturated heterocycles. The zero-order valence-electron chi connectivity index (χ0n) is 16.4. The van der Waals surface area contributed by atoms with Crippen LogP contribution in [0.2, 0.25) is 0 Å². The van der Waals surface area contributed by atoms with Gasteiger partial charge in [0.15, 0.2) is 0 Å². The van der Waals surface area contributed by atoms with Gasteiger partial charge in [0.1, 0.15) is 17.6 Å². The maximum atomic E-state index is 13.5. The van der Waals surface area contributed by atoms with Crippen LogP contribution in [0, 0.1) is 11.7 Å². The number of ether oxygens (including phenoxy) is 1. The van der Waals surface area contributed by atoms with Crippen LogP contribution < -0.4 is 10.1 Å². The summed E-state index contributed by atoms with van der Waals surface area (Å²) in [5.41, 5.74) is 0.997. The van der Waals surface area contributed by atoms with Crippen molar-refractivity contribution >= 4 is 17.5 Å². The minimum atomic E-state index is -0.550. The van der Waals surface area contributed by atoms with Crippen molar-refractivity contribution in [3.8, 4) is 5.75 Å². The molecule has 29 heavy (non-hydrogen) atoms. The molecule has 1 N–H and O–H groups in total. The van der Waals surface area contributed by atoms with Crippen molar-refractivity contribution in [1.82, 2.24) is 4.90 Å². The summed E-state index contributed by atoms with van der Waals surface area (Å²) in [5.74, 6) is 0.0778. The number of halogens is 1. The van der Waals surface area contributed by atoms with Gasteiger partial charge >= 0.3 is 0 Å². The average Bonchev–Trinajstić information content (AvgIpc) is 3.14. The van der Waals surface area contributed by atoms with Gasteiger partial charge in [-0.1, -0.05) is 25.0 Å². The Morgan fingerprint density at radius 3 is 2.55 bits per heavy atom. The summed E-state index contributed by atoms with van der Waals surface area (Å²) in [6.45, 7) is 0. The number of carbonyl (C=O) groups is 2. The maximum Gasteiger partial charge on any atom is 0.258 e. The molecule has 2 aromatic rings. The van der Waals surface area contributed by atoms with Gasteiger partial charge < -0.3 is 15.0 Å². The highest BCUT2D eigenvalue weighted by Crippen LogP contribution is 2.41. The number of rotatable bonds is 4. The smallest absolute Gasteiger partial charge is 0.258 e. The fourth-order valence-corrected chi connectivity index (χ4v) is 4.71. The van der Waals surface area contributed by atoms with E-state index in [1.54, 1.807) is 23.1 Å². The standard InChI is InChI=1S/C23H25FN2O3/c1-29-21-9-5-3-7-18(21)23(28)26-19-8-4-2-6-15(19)14-20(26)22(27)25-17-12-10-16(24)11-13-17/h3,5,7,9-13,15,19-20H,2,4,6,8,14H2,1H3,(H,25,27). The van der Waals surface area contributed by atoms with Crippen molar-refractivity contribution in [2.45, 2.75) is 44.2 Å². The molecule has 152 valence electrons. The Balaban J connectivity index is 1.63. The van der Waals surface area contributed by atoms with Gasteiger partial charge in [-0.05, 0) is 61.6 Å². The molecule has 0 radical (unpaired) electrons. The number of para-hydroxylation sites is 1. The number of anilines is 1. The Bertz CT molecular complexity index is 899. The molecular weight excluding hydrogens is 371 g/mol. The van der Waals surface area contributed by atoms with Gasteiger partial charge in [0.25, 0.3) is 5.91 Å². The third-order valence-corrected chi connectivity index (χ3v) is 6.07. The number of carbonyl (C=O) groups excluding carboxylic acids is 2. The van der Waals surface area contributed by atoms with Gasteiger partial charge in [0.05, 0.1) is 12.7 Å². The third kappa shape index (κ3) is 3.84. The number of hydrogen-bond acceptors (Lipinski definition) is 3. The van der Waals surface area contributed by atoms with E-state index in [1.165, 1.54) is 31.4 Å². The van der Waals surface area contributed by atoms with Crippen LogP contribution in [0.4, 0.5) is 10.1 Å². The second kappa shape index (κ2) is 8.23. The van der Waals surface area contributed by atoms with Crippen molar-refractivity contribution in [3.63, 3.8) is 0 Å². The second-order valence-electron chi connectivity index (χ2n) is 7.77. The second-order valence-corrected chi connectivity index (χ2v) is 7.77. The number of fused-ring (bicyclic) bond motifs is 1. The SMILES string of the molecule is COc1ccccc1C(=O)N1C(C(=O)Nc2ccc(F)cc2)CC2CCCCC21. The minimum absolute atomic E-state index is 0.0603. The number of benzene rings is 2. The molecule has 3 atom stereocenters. The molecule has 1 aliphatic heterocycles. The molecular formula is C23H25FN2O3. The lowest BCUT2D eigenvalue weighted by Crippen LogP contribution is -2.47. The van der Waals surface area contributed by atoms with Crippen LogP contribution in [0.25, 0.3) is 0 Å². The van der Waals surface area contributed by atoms with Gasteiger partial charge in [-0.25, -0.2) is 4.39 Å². The monoisotopic (exact) mass is 396 g/mol. The van der Waals surface area contributed by atoms with Gasteiger partial charge in [0, 0.05) is 11.7 Å². The Morgan fingerprint density at radius 1 is 1.07 bits per heavy atom. The Hall–Kier alpha value is -2.89. The van der Waals surface area contributed by atoms with Gasteiger partial charge in [-0.15, -0.1) is 0 Å². The normalized spacial score (nSPS) is 23.4. The predicted octanol–water partition coefficient (Wildman–Crippen LogP) is 4.25. The summed E-state index contributed by atoms with van der Waals surface area (Å²) in [7, 11) is 1.54. The highest BCUT2D eigenvalue weighted by atomic mass is 19.1. The first kappa shape index (κ1) is 19.4. The Kier molecular flexibility index (Phi) is 5.51. The van der Waals surface area contributed by atoms with Crippen molar-refractivity contribution < 1.29 is 18.7 Å². The lowest BCUT2D eigenvalue weighted by molar-refractivity contribution is -0.120. The summed E-state index contributed by atoms with van der Waals surface area (Å²) < 4.78 is 18.6. The molecule has 1 heterocycles. The molecule has 0 aromatic heterocycles. The van der Waals surface area contributed by atoms with Crippen molar-refractivity contribution in [1.29, 1.82) is 0 Å². The van der Waals surface area contributed by atoms with Gasteiger partial charge in [0.2, 0.25) is 5.91 Å². The van der Waals surface area contributed by atoms with E-state index in [0.717, 1.165) is 25.7 Å². The molecule has 1 aliphatic carbocycles. The molecule has 6 heteroatoms. The van der Waals surface area contributed by atoms with E-state index in [1.807, 2.05) is 6.07 Å². The van der Waals surface area contributed by atoms with E-state index >= 15 is 0 Å². The van der Waals surface area contributed by atoms with Crippen LogP contribution in [0.3, 0.4) is 0 Å². The average molecular weight is 396 g/mol. The van der Waals surface area contributed by atoms with E-state index in [9.17, 15) is 14.0 Å². The molecule has 0 spiro atoms. The number of nitrogens with zero attached hydrogens (tertiary/aromatic N) is 1. The van der Waals surface area contributed by atoms with Crippen LogP contribution in [-0.2, 0) is 4.79 Å². The largest absolute Gasteiger partial charge is 0.496 e. The first-order chi connectivity index (χ1) is 14.1. The summed E-state index contributed by atoms with van der Waals surface area (Å²) in [6.07, 6.45) is 4.78. The summed E-state index contributed by atoms with van der Waals surface area (Å²) in [4.78, 5) is 28.4. The lowest BCUT2D eigenvalue weighted by Gasteiger charge is -2.34. The van der Waals surface area contributed by atoms with Crippen molar-refractivity contribution in [2.24, 2.45) is 5.92 Å². The first-order valence-electron chi connectivity index (χ1n) is 10.1. The van der Waals surface area contributed by atoms with Crippen LogP contribution in [0.15, 0.2) is 48.5 Å². The van der Waals surface area contributed by atoms with E-state index < -0.39 is 6.04 Å². The van der Waals surface area contributed by atoms with Crippen LogP contribution in [0.5, 0.6) is 5.75 Å². The molecule has 5 nitrogen and oxygen atoms in total. The zero-order valence-corrected chi connectivity index (χ0v) is 16.4. The highest BCUT2D eigenvalue weighted by molar-refractivity contribution is 6.03. The van der Waals surface area contributed by atoms with Gasteiger partial charge in [-0.2, -0.15) is 0 Å².